The molecule has 1 unspecified atom stereocenters. The lowest BCUT2D eigenvalue weighted by Crippen LogP contribution is -2.29. The predicted octanol–water partition coefficient (Wildman–Crippen LogP) is 2.84. The van der Waals surface area contributed by atoms with Crippen LogP contribution in [0.4, 0.5) is 13.2 Å². The van der Waals surface area contributed by atoms with Gasteiger partial charge < -0.3 is 9.88 Å². The number of benzene rings is 1. The number of aromatic nitrogens is 1. The van der Waals surface area contributed by atoms with E-state index in [1.165, 1.54) is 6.20 Å². The molecular weight excluding hydrogens is 269 g/mol. The molecule has 0 saturated heterocycles. The maximum absolute atomic E-state index is 12.6. The van der Waals surface area contributed by atoms with Crippen LogP contribution in [-0.4, -0.2) is 17.8 Å². The minimum Gasteiger partial charge on any atom is -0.313 e. The van der Waals surface area contributed by atoms with E-state index in [-0.39, 0.29) is 6.04 Å². The van der Waals surface area contributed by atoms with Crippen LogP contribution in [0.1, 0.15) is 18.5 Å². The first kappa shape index (κ1) is 14.6. The Kier molecular flexibility index (Phi) is 3.85. The molecule has 0 saturated carbocycles. The Morgan fingerprint density at radius 1 is 1.25 bits per heavy atom. The van der Waals surface area contributed by atoms with E-state index < -0.39 is 18.3 Å². The standard InChI is InChI=1S/C14H15F3N2O/c1-9(18-2)12-7-19(8-14(15,16)17)13(20)11-6-4-3-5-10(11)12/h3-7,9,18H,8H2,1-2H3. The van der Waals surface area contributed by atoms with Crippen LogP contribution in [0.3, 0.4) is 0 Å². The van der Waals surface area contributed by atoms with Gasteiger partial charge in [0.1, 0.15) is 6.54 Å². The second-order valence-corrected chi connectivity index (χ2v) is 4.69. The lowest BCUT2D eigenvalue weighted by Gasteiger charge is -2.17. The Hall–Kier alpha value is -1.82. The zero-order valence-corrected chi connectivity index (χ0v) is 11.2. The maximum Gasteiger partial charge on any atom is 0.406 e. The summed E-state index contributed by atoms with van der Waals surface area (Å²) in [6, 6.07) is 6.56. The van der Waals surface area contributed by atoms with Gasteiger partial charge in [-0.15, -0.1) is 0 Å². The average molecular weight is 284 g/mol. The first-order valence-electron chi connectivity index (χ1n) is 6.19. The van der Waals surface area contributed by atoms with Crippen LogP contribution >= 0.6 is 0 Å². The van der Waals surface area contributed by atoms with Gasteiger partial charge in [-0.3, -0.25) is 4.79 Å². The number of hydrogen-bond acceptors (Lipinski definition) is 2. The molecule has 3 nitrogen and oxygen atoms in total. The van der Waals surface area contributed by atoms with E-state index in [2.05, 4.69) is 5.32 Å². The molecule has 1 aromatic carbocycles. The highest BCUT2D eigenvalue weighted by molar-refractivity contribution is 5.85. The van der Waals surface area contributed by atoms with Crippen molar-refractivity contribution in [3.8, 4) is 0 Å². The smallest absolute Gasteiger partial charge is 0.313 e. The number of rotatable bonds is 3. The largest absolute Gasteiger partial charge is 0.406 e. The van der Waals surface area contributed by atoms with Gasteiger partial charge >= 0.3 is 6.18 Å². The molecule has 2 aromatic rings. The second-order valence-electron chi connectivity index (χ2n) is 4.69. The van der Waals surface area contributed by atoms with E-state index in [0.29, 0.717) is 16.3 Å². The molecule has 20 heavy (non-hydrogen) atoms. The summed E-state index contributed by atoms with van der Waals surface area (Å²) in [5.74, 6) is 0. The molecule has 0 spiro atoms. The second kappa shape index (κ2) is 5.28. The third-order valence-electron chi connectivity index (χ3n) is 3.27. The van der Waals surface area contributed by atoms with E-state index >= 15 is 0 Å². The first-order chi connectivity index (χ1) is 9.33. The van der Waals surface area contributed by atoms with Crippen molar-refractivity contribution in [2.45, 2.75) is 25.7 Å². The fourth-order valence-corrected chi connectivity index (χ4v) is 2.18. The molecule has 1 N–H and O–H groups in total. The summed E-state index contributed by atoms with van der Waals surface area (Å²) in [5, 5.41) is 3.97. The van der Waals surface area contributed by atoms with Crippen molar-refractivity contribution >= 4 is 10.8 Å². The van der Waals surface area contributed by atoms with Crippen LogP contribution in [0.15, 0.2) is 35.3 Å². The van der Waals surface area contributed by atoms with Gasteiger partial charge in [0.25, 0.3) is 5.56 Å². The first-order valence-corrected chi connectivity index (χ1v) is 6.19. The highest BCUT2D eigenvalue weighted by Gasteiger charge is 2.29. The van der Waals surface area contributed by atoms with Crippen LogP contribution in [0.5, 0.6) is 0 Å². The number of alkyl halides is 3. The fraction of sp³-hybridized carbons (Fsp3) is 0.357. The van der Waals surface area contributed by atoms with Gasteiger partial charge in [0.05, 0.1) is 0 Å². The Labute approximate surface area is 114 Å². The van der Waals surface area contributed by atoms with Gasteiger partial charge in [0, 0.05) is 17.6 Å². The number of nitrogens with zero attached hydrogens (tertiary/aromatic N) is 1. The molecule has 0 fully saturated rings. The highest BCUT2D eigenvalue weighted by Crippen LogP contribution is 2.23. The van der Waals surface area contributed by atoms with Crippen molar-refractivity contribution in [3.63, 3.8) is 0 Å². The molecule has 1 atom stereocenters. The number of fused-ring (bicyclic) bond motifs is 1. The molecule has 0 aliphatic carbocycles. The number of pyridine rings is 1. The lowest BCUT2D eigenvalue weighted by molar-refractivity contribution is -0.141. The van der Waals surface area contributed by atoms with E-state index in [1.54, 1.807) is 31.3 Å². The normalized spacial score (nSPS) is 13.7. The highest BCUT2D eigenvalue weighted by atomic mass is 19.4. The zero-order chi connectivity index (χ0) is 14.9. The molecule has 108 valence electrons. The van der Waals surface area contributed by atoms with Gasteiger partial charge in [0.2, 0.25) is 0 Å². The van der Waals surface area contributed by atoms with Gasteiger partial charge in [-0.05, 0) is 31.0 Å². The minimum absolute atomic E-state index is 0.153. The summed E-state index contributed by atoms with van der Waals surface area (Å²) in [6.45, 7) is 0.560. The van der Waals surface area contributed by atoms with Crippen molar-refractivity contribution in [1.82, 2.24) is 9.88 Å². The third kappa shape index (κ3) is 2.85. The van der Waals surface area contributed by atoms with Crippen LogP contribution in [0.25, 0.3) is 10.8 Å². The van der Waals surface area contributed by atoms with Crippen LogP contribution in [0.2, 0.25) is 0 Å². The summed E-state index contributed by atoms with van der Waals surface area (Å²) in [5.41, 5.74) is 0.0527. The summed E-state index contributed by atoms with van der Waals surface area (Å²) >= 11 is 0. The molecule has 0 radical (unpaired) electrons. The Morgan fingerprint density at radius 3 is 2.40 bits per heavy atom. The van der Waals surface area contributed by atoms with Crippen molar-refractivity contribution in [1.29, 1.82) is 0 Å². The van der Waals surface area contributed by atoms with Crippen LogP contribution in [-0.2, 0) is 6.54 Å². The average Bonchev–Trinajstić information content (AvgIpc) is 2.40. The van der Waals surface area contributed by atoms with Crippen molar-refractivity contribution in [3.05, 3.63) is 46.4 Å². The molecule has 2 rings (SSSR count). The van der Waals surface area contributed by atoms with Crippen LogP contribution < -0.4 is 10.9 Å². The third-order valence-corrected chi connectivity index (χ3v) is 3.27. The van der Waals surface area contributed by atoms with Gasteiger partial charge in [-0.1, -0.05) is 18.2 Å². The molecule has 0 aliphatic heterocycles. The molecule has 6 heteroatoms. The molecule has 0 aliphatic rings. The summed E-state index contributed by atoms with van der Waals surface area (Å²) in [4.78, 5) is 12.1. The number of nitrogens with one attached hydrogen (secondary N) is 1. The molecule has 0 amide bonds. The van der Waals surface area contributed by atoms with Gasteiger partial charge in [-0.25, -0.2) is 0 Å². The molecule has 1 heterocycles. The summed E-state index contributed by atoms with van der Waals surface area (Å²) < 4.78 is 38.4. The quantitative estimate of drug-likeness (QED) is 0.940. The maximum atomic E-state index is 12.6. The predicted molar refractivity (Wildman–Crippen MR) is 71.7 cm³/mol. The van der Waals surface area contributed by atoms with E-state index in [9.17, 15) is 18.0 Å². The van der Waals surface area contributed by atoms with Crippen molar-refractivity contribution < 1.29 is 13.2 Å². The Morgan fingerprint density at radius 2 is 1.85 bits per heavy atom. The summed E-state index contributed by atoms with van der Waals surface area (Å²) in [6.07, 6.45) is -3.13. The minimum atomic E-state index is -4.42. The SMILES string of the molecule is CNC(C)c1cn(CC(F)(F)F)c(=O)c2ccccc12. The number of hydrogen-bond donors (Lipinski definition) is 1. The van der Waals surface area contributed by atoms with Gasteiger partial charge in [0.15, 0.2) is 0 Å². The fourth-order valence-electron chi connectivity index (χ4n) is 2.18. The van der Waals surface area contributed by atoms with Crippen molar-refractivity contribution in [2.75, 3.05) is 7.05 Å². The van der Waals surface area contributed by atoms with E-state index in [1.807, 2.05) is 6.92 Å². The van der Waals surface area contributed by atoms with Gasteiger partial charge in [-0.2, -0.15) is 13.2 Å². The molecule has 0 bridgehead atoms. The summed E-state index contributed by atoms with van der Waals surface area (Å²) in [7, 11) is 1.72. The van der Waals surface area contributed by atoms with Crippen LogP contribution in [0, 0.1) is 0 Å². The molecule has 1 aromatic heterocycles. The zero-order valence-electron chi connectivity index (χ0n) is 11.2. The topological polar surface area (TPSA) is 34.0 Å². The van der Waals surface area contributed by atoms with E-state index in [0.717, 1.165) is 4.57 Å². The monoisotopic (exact) mass is 284 g/mol. The van der Waals surface area contributed by atoms with Crippen molar-refractivity contribution in [2.24, 2.45) is 0 Å². The Bertz CT molecular complexity index is 676. The molecular formula is C14H15F3N2O. The number of halogens is 3. The van der Waals surface area contributed by atoms with E-state index in [4.69, 9.17) is 0 Å². The Balaban J connectivity index is 2.72. The lowest BCUT2D eigenvalue weighted by atomic mass is 10.0.